The number of rotatable bonds is 6. The minimum Gasteiger partial charge on any atom is -0.384 e. The van der Waals surface area contributed by atoms with Crippen molar-refractivity contribution >= 4 is 17.4 Å². The lowest BCUT2D eigenvalue weighted by molar-refractivity contribution is -0.124. The third kappa shape index (κ3) is 3.99. The molecule has 0 fully saturated rings. The molecule has 0 aliphatic carbocycles. The van der Waals surface area contributed by atoms with Crippen LogP contribution in [0.15, 0.2) is 35.3 Å². The number of aromatic nitrogens is 2. The maximum Gasteiger partial charge on any atom is 0.277 e. The van der Waals surface area contributed by atoms with Gasteiger partial charge in [0.15, 0.2) is 0 Å². The summed E-state index contributed by atoms with van der Waals surface area (Å²) in [5.41, 5.74) is 7.17. The van der Waals surface area contributed by atoms with E-state index in [1.165, 1.54) is 4.57 Å². The second kappa shape index (κ2) is 7.61. The molecule has 8 heteroatoms. The van der Waals surface area contributed by atoms with E-state index in [1.807, 2.05) is 26.0 Å². The van der Waals surface area contributed by atoms with Crippen LogP contribution < -0.4 is 21.9 Å². The zero-order valence-electron chi connectivity index (χ0n) is 15.5. The maximum atomic E-state index is 12.7. The number of anilines is 1. The van der Waals surface area contributed by atoms with E-state index >= 15 is 0 Å². The Balaban J connectivity index is 1.72. The molecule has 2 aromatic rings. The van der Waals surface area contributed by atoms with E-state index < -0.39 is 6.04 Å². The predicted molar refractivity (Wildman–Crippen MR) is 104 cm³/mol. The highest BCUT2D eigenvalue weighted by molar-refractivity contribution is 5.94. The first-order chi connectivity index (χ1) is 12.9. The van der Waals surface area contributed by atoms with Gasteiger partial charge in [-0.3, -0.25) is 19.6 Å². The van der Waals surface area contributed by atoms with Crippen molar-refractivity contribution in [1.82, 2.24) is 14.9 Å². The summed E-state index contributed by atoms with van der Waals surface area (Å²) in [4.78, 5) is 29.7. The molecule has 2 heterocycles. The molecule has 8 nitrogen and oxygen atoms in total. The van der Waals surface area contributed by atoms with Crippen LogP contribution in [0.4, 0.5) is 5.69 Å². The van der Waals surface area contributed by atoms with E-state index in [1.54, 1.807) is 18.3 Å². The number of nitrogen functional groups attached to an aromatic ring is 1. The Morgan fingerprint density at radius 1 is 1.37 bits per heavy atom. The highest BCUT2D eigenvalue weighted by Crippen LogP contribution is 2.23. The summed E-state index contributed by atoms with van der Waals surface area (Å²) in [6.45, 7) is 4.23. The minimum absolute atomic E-state index is 0.00540. The van der Waals surface area contributed by atoms with E-state index in [9.17, 15) is 9.59 Å². The van der Waals surface area contributed by atoms with Crippen molar-refractivity contribution in [2.24, 2.45) is 5.73 Å². The Morgan fingerprint density at radius 2 is 2.07 bits per heavy atom. The largest absolute Gasteiger partial charge is 0.384 e. The number of nitrogens with two attached hydrogens (primary N) is 1. The fraction of sp³-hybridized carbons (Fsp3) is 0.368. The minimum atomic E-state index is -0.551. The van der Waals surface area contributed by atoms with Crippen LogP contribution in [0.2, 0.25) is 0 Å². The number of amidine groups is 1. The first-order valence-corrected chi connectivity index (χ1v) is 8.95. The number of benzene rings is 1. The van der Waals surface area contributed by atoms with Crippen molar-refractivity contribution < 1.29 is 4.79 Å². The number of fused-ring (bicyclic) bond motifs is 1. The van der Waals surface area contributed by atoms with Gasteiger partial charge in [0, 0.05) is 24.6 Å². The molecule has 1 aliphatic rings. The van der Waals surface area contributed by atoms with Gasteiger partial charge in [0.2, 0.25) is 5.91 Å². The van der Waals surface area contributed by atoms with Crippen molar-refractivity contribution in [3.05, 3.63) is 57.8 Å². The first kappa shape index (κ1) is 18.6. The second-order valence-corrected chi connectivity index (χ2v) is 6.95. The molecule has 142 valence electrons. The molecule has 0 unspecified atom stereocenters. The summed E-state index contributed by atoms with van der Waals surface area (Å²) in [5.74, 6) is 0.445. The van der Waals surface area contributed by atoms with Gasteiger partial charge in [-0.15, -0.1) is 0 Å². The van der Waals surface area contributed by atoms with Gasteiger partial charge in [-0.2, -0.15) is 0 Å². The van der Waals surface area contributed by atoms with Crippen molar-refractivity contribution in [2.45, 2.75) is 45.3 Å². The van der Waals surface area contributed by atoms with Gasteiger partial charge in [-0.1, -0.05) is 24.3 Å². The fourth-order valence-corrected chi connectivity index (χ4v) is 3.17. The smallest absolute Gasteiger partial charge is 0.277 e. The average molecular weight is 368 g/mol. The zero-order chi connectivity index (χ0) is 19.6. The average Bonchev–Trinajstić information content (AvgIpc) is 3.07. The lowest BCUT2D eigenvalue weighted by Crippen LogP contribution is -2.36. The predicted octanol–water partition coefficient (Wildman–Crippen LogP) is 1.15. The highest BCUT2D eigenvalue weighted by atomic mass is 16.2. The third-order valence-electron chi connectivity index (χ3n) is 4.50. The number of carbonyl (C=O) groups excluding carboxylic acids is 1. The van der Waals surface area contributed by atoms with Gasteiger partial charge in [0.05, 0.1) is 6.20 Å². The lowest BCUT2D eigenvalue weighted by Gasteiger charge is -2.16. The summed E-state index contributed by atoms with van der Waals surface area (Å²) >= 11 is 0. The van der Waals surface area contributed by atoms with E-state index in [4.69, 9.17) is 11.1 Å². The molecule has 1 aromatic heterocycles. The molecule has 1 amide bonds. The molecule has 0 bridgehead atoms. The summed E-state index contributed by atoms with van der Waals surface area (Å²) in [7, 11) is 0. The van der Waals surface area contributed by atoms with Crippen molar-refractivity contribution in [3.8, 4) is 0 Å². The van der Waals surface area contributed by atoms with Crippen LogP contribution in [0.3, 0.4) is 0 Å². The van der Waals surface area contributed by atoms with Crippen LogP contribution in [0, 0.1) is 5.41 Å². The van der Waals surface area contributed by atoms with Gasteiger partial charge >= 0.3 is 0 Å². The topological polar surface area (TPSA) is 126 Å². The molecule has 0 spiro atoms. The summed E-state index contributed by atoms with van der Waals surface area (Å²) in [6, 6.07) is 6.67. The number of nitrogens with zero attached hydrogens (tertiary/aromatic N) is 2. The number of nitrogens with one attached hydrogen (secondary N) is 3. The number of aryl methyl sites for hydroxylation is 1. The molecule has 3 rings (SSSR count). The number of amides is 1. The number of carbonyl (C=O) groups is 1. The van der Waals surface area contributed by atoms with Crippen LogP contribution in [0.1, 0.15) is 43.3 Å². The Labute approximate surface area is 157 Å². The normalized spacial score (nSPS) is 15.4. The van der Waals surface area contributed by atoms with Gasteiger partial charge in [0.25, 0.3) is 5.56 Å². The first-order valence-electron chi connectivity index (χ1n) is 8.95. The van der Waals surface area contributed by atoms with E-state index in [-0.39, 0.29) is 23.3 Å². The van der Waals surface area contributed by atoms with E-state index in [2.05, 4.69) is 15.6 Å². The van der Waals surface area contributed by atoms with E-state index in [0.717, 1.165) is 5.56 Å². The highest BCUT2D eigenvalue weighted by Gasteiger charge is 2.31. The van der Waals surface area contributed by atoms with Crippen LogP contribution in [0.5, 0.6) is 0 Å². The van der Waals surface area contributed by atoms with Gasteiger partial charge < -0.3 is 16.4 Å². The lowest BCUT2D eigenvalue weighted by atomic mass is 10.1. The van der Waals surface area contributed by atoms with Gasteiger partial charge in [-0.05, 0) is 25.8 Å². The second-order valence-electron chi connectivity index (χ2n) is 6.95. The van der Waals surface area contributed by atoms with Crippen LogP contribution in [-0.4, -0.2) is 27.3 Å². The fourth-order valence-electron chi connectivity index (χ4n) is 3.17. The quantitative estimate of drug-likeness (QED) is 0.449. The molecule has 0 saturated heterocycles. The molecule has 5 N–H and O–H groups in total. The van der Waals surface area contributed by atoms with Crippen molar-refractivity contribution in [2.75, 3.05) is 5.32 Å². The number of hydrogen-bond donors (Lipinski definition) is 4. The monoisotopic (exact) mass is 368 g/mol. The maximum absolute atomic E-state index is 12.7. The molecular weight excluding hydrogens is 344 g/mol. The van der Waals surface area contributed by atoms with E-state index in [0.29, 0.717) is 36.5 Å². The Hall–Kier alpha value is -3.16. The van der Waals surface area contributed by atoms with Crippen LogP contribution in [-0.2, 0) is 17.8 Å². The summed E-state index contributed by atoms with van der Waals surface area (Å²) in [6.07, 6.45) is 2.70. The SMILES string of the molecule is CC(C)Nc1cnc2n(c1=O)[C@H](C(=O)NCc1ccc(C(=N)N)cc1)CC2. The van der Waals surface area contributed by atoms with Gasteiger partial charge in [-0.25, -0.2) is 4.98 Å². The third-order valence-corrected chi connectivity index (χ3v) is 4.50. The Bertz CT molecular complexity index is 917. The Morgan fingerprint density at radius 3 is 2.70 bits per heavy atom. The summed E-state index contributed by atoms with van der Waals surface area (Å²) in [5, 5.41) is 13.4. The molecule has 1 aromatic carbocycles. The van der Waals surface area contributed by atoms with Gasteiger partial charge in [0.1, 0.15) is 23.4 Å². The van der Waals surface area contributed by atoms with Crippen molar-refractivity contribution in [1.29, 1.82) is 5.41 Å². The zero-order valence-corrected chi connectivity index (χ0v) is 15.5. The van der Waals surface area contributed by atoms with Crippen molar-refractivity contribution in [3.63, 3.8) is 0 Å². The van der Waals surface area contributed by atoms with Crippen LogP contribution >= 0.6 is 0 Å². The van der Waals surface area contributed by atoms with Crippen LogP contribution in [0.25, 0.3) is 0 Å². The summed E-state index contributed by atoms with van der Waals surface area (Å²) < 4.78 is 1.50. The molecule has 1 atom stereocenters. The Kier molecular flexibility index (Phi) is 5.25. The standard InChI is InChI=1S/C19H24N6O2/c1-11(2)24-14-10-22-16-8-7-15(25(16)19(14)27)18(26)23-9-12-3-5-13(6-4-12)17(20)21/h3-6,10-11,15,24H,7-9H2,1-2H3,(H3,20,21)(H,23,26)/t15-/m0/s1. The number of hydrogen-bond acceptors (Lipinski definition) is 5. The molecule has 0 radical (unpaired) electrons. The molecular formula is C19H24N6O2. The molecule has 1 aliphatic heterocycles. The molecule has 0 saturated carbocycles. The molecule has 27 heavy (non-hydrogen) atoms.